The number of carbonyl (C=O) groups excluding carboxylic acids is 6. The van der Waals surface area contributed by atoms with Gasteiger partial charge in [-0.3, -0.25) is 28.8 Å². The van der Waals surface area contributed by atoms with E-state index in [0.717, 1.165) is 103 Å². The largest absolute Gasteiger partial charge is 0.333 e. The number of ketones is 3. The molecule has 1 saturated carbocycles. The summed E-state index contributed by atoms with van der Waals surface area (Å²) in [6.07, 6.45) is 18.4. The lowest BCUT2D eigenvalue weighted by Gasteiger charge is -2.29. The van der Waals surface area contributed by atoms with Crippen molar-refractivity contribution in [3.05, 3.63) is 58.3 Å². The van der Waals surface area contributed by atoms with Gasteiger partial charge in [0.05, 0.1) is 4.88 Å². The molecule has 0 bridgehead atoms. The highest BCUT2D eigenvalue weighted by atomic mass is 32.1. The van der Waals surface area contributed by atoms with E-state index in [4.69, 9.17) is 0 Å². The molecule has 9 nitrogen and oxygen atoms in total. The summed E-state index contributed by atoms with van der Waals surface area (Å²) in [5, 5.41) is 1.83. The van der Waals surface area contributed by atoms with E-state index in [-0.39, 0.29) is 59.1 Å². The lowest BCUT2D eigenvalue weighted by atomic mass is 9.85. The Bertz CT molecular complexity index is 1490. The minimum atomic E-state index is -0.385. The average Bonchev–Trinajstić information content (AvgIpc) is 3.38. The molecule has 53 heavy (non-hydrogen) atoms. The van der Waals surface area contributed by atoms with E-state index in [1.54, 1.807) is 46.2 Å². The Labute approximate surface area is 320 Å². The van der Waals surface area contributed by atoms with Gasteiger partial charge in [0.1, 0.15) is 0 Å². The Morgan fingerprint density at radius 3 is 1.40 bits per heavy atom. The van der Waals surface area contributed by atoms with Crippen LogP contribution in [0, 0.1) is 5.92 Å². The zero-order chi connectivity index (χ0) is 38.2. The van der Waals surface area contributed by atoms with Crippen LogP contribution >= 0.6 is 11.3 Å². The molecule has 0 radical (unpaired) electrons. The number of thiophene rings is 1. The number of benzene rings is 1. The molecule has 4 fully saturated rings. The number of likely N-dealkylation sites (tertiary alicyclic amines) is 3. The topological polar surface area (TPSA) is 112 Å². The first-order chi connectivity index (χ1) is 25.6. The predicted octanol–water partition coefficient (Wildman–Crippen LogP) is 8.31. The number of Topliss-reactive ketones (excluding diaryl/α,β-unsaturated/α-hetero) is 3. The number of rotatable bonds is 6. The first-order valence-corrected chi connectivity index (χ1v) is 21.1. The number of hydrogen-bond donors (Lipinski definition) is 0. The summed E-state index contributed by atoms with van der Waals surface area (Å²) < 4.78 is 0. The maximum atomic E-state index is 12.3. The molecular weight excluding hydrogens is 687 g/mol. The minimum Gasteiger partial charge on any atom is -0.333 e. The van der Waals surface area contributed by atoms with E-state index < -0.39 is 0 Å². The van der Waals surface area contributed by atoms with Crippen LogP contribution in [0.25, 0.3) is 0 Å². The summed E-state index contributed by atoms with van der Waals surface area (Å²) in [6.45, 7) is 8.35. The molecule has 290 valence electrons. The Balaban J connectivity index is 0.000000178. The molecule has 4 aliphatic rings. The van der Waals surface area contributed by atoms with E-state index in [9.17, 15) is 28.8 Å². The average molecular weight is 748 g/mol. The fourth-order valence-electron chi connectivity index (χ4n) is 7.90. The van der Waals surface area contributed by atoms with Crippen molar-refractivity contribution in [3.63, 3.8) is 0 Å². The molecule has 3 amide bonds. The Hall–Kier alpha value is -3.66. The third-order valence-corrected chi connectivity index (χ3v) is 12.2. The molecule has 1 aromatic carbocycles. The smallest absolute Gasteiger partial charge is 0.296 e. The molecule has 3 saturated heterocycles. The molecule has 0 spiro atoms. The summed E-state index contributed by atoms with van der Waals surface area (Å²) in [5.74, 6) is -1.71. The van der Waals surface area contributed by atoms with Gasteiger partial charge in [0.15, 0.2) is 0 Å². The first kappa shape index (κ1) is 42.1. The molecule has 3 atom stereocenters. The van der Waals surface area contributed by atoms with Gasteiger partial charge in [-0.2, -0.15) is 0 Å². The molecule has 4 heterocycles. The van der Waals surface area contributed by atoms with Gasteiger partial charge in [-0.1, -0.05) is 94.2 Å². The summed E-state index contributed by atoms with van der Waals surface area (Å²) in [6, 6.07) is 12.9. The normalized spacial score (nSPS) is 22.7. The standard InChI is InChI=1S/C15H25NO2.C15H19NO2.C13H17NO2S/c2*1-12-8-4-3-7-11-16(12)15(18)14(17)13-9-5-2-6-10-13;1-10-6-3-2-4-8-14(10)13(16)12(15)11-7-5-9-17-11/h12-13H,2-11H2,1H3;2,5-6,9-10,12H,3-4,7-8,11H2,1H3;5,7,9-10H,2-4,6,8H2,1H3. The van der Waals surface area contributed by atoms with Crippen molar-refractivity contribution in [3.8, 4) is 0 Å². The second-order valence-corrected chi connectivity index (χ2v) is 16.2. The highest BCUT2D eigenvalue weighted by molar-refractivity contribution is 7.13. The molecule has 1 aliphatic carbocycles. The van der Waals surface area contributed by atoms with Gasteiger partial charge < -0.3 is 14.7 Å². The van der Waals surface area contributed by atoms with Crippen LogP contribution in [0.4, 0.5) is 0 Å². The van der Waals surface area contributed by atoms with Crippen LogP contribution in [-0.2, 0) is 19.2 Å². The van der Waals surface area contributed by atoms with E-state index in [2.05, 4.69) is 6.92 Å². The summed E-state index contributed by atoms with van der Waals surface area (Å²) >= 11 is 1.33. The van der Waals surface area contributed by atoms with Crippen LogP contribution in [0.2, 0.25) is 0 Å². The second kappa shape index (κ2) is 21.9. The van der Waals surface area contributed by atoms with Crippen LogP contribution in [0.3, 0.4) is 0 Å². The molecule has 2 aromatic rings. The van der Waals surface area contributed by atoms with Gasteiger partial charge in [-0.25, -0.2) is 0 Å². The summed E-state index contributed by atoms with van der Waals surface area (Å²) in [5.41, 5.74) is 0.485. The first-order valence-electron chi connectivity index (χ1n) is 20.2. The van der Waals surface area contributed by atoms with Crippen molar-refractivity contribution in [1.29, 1.82) is 0 Å². The quantitative estimate of drug-likeness (QED) is 0.217. The van der Waals surface area contributed by atoms with E-state index in [0.29, 0.717) is 17.0 Å². The Kier molecular flexibility index (Phi) is 17.4. The molecule has 3 aliphatic heterocycles. The fourth-order valence-corrected chi connectivity index (χ4v) is 8.55. The highest BCUT2D eigenvalue weighted by Crippen LogP contribution is 2.26. The SMILES string of the molecule is CC1CCCCCN1C(=O)C(=O)C1CCCCC1.CC1CCCCCN1C(=O)C(=O)c1ccccc1.CC1CCCCCN1C(=O)C(=O)c1cccs1. The number of nitrogens with zero attached hydrogens (tertiary/aromatic N) is 3. The minimum absolute atomic E-state index is 0.0155. The van der Waals surface area contributed by atoms with Gasteiger partial charge in [0.25, 0.3) is 23.5 Å². The number of carbonyl (C=O) groups is 6. The lowest BCUT2D eigenvalue weighted by Crippen LogP contribution is -2.44. The molecule has 10 heteroatoms. The van der Waals surface area contributed by atoms with Crippen molar-refractivity contribution in [2.75, 3.05) is 19.6 Å². The maximum Gasteiger partial charge on any atom is 0.296 e. The van der Waals surface area contributed by atoms with Crippen molar-refractivity contribution in [2.45, 2.75) is 148 Å². The monoisotopic (exact) mass is 747 g/mol. The van der Waals surface area contributed by atoms with Crippen LogP contribution in [0.5, 0.6) is 0 Å². The number of amides is 3. The van der Waals surface area contributed by atoms with Crippen LogP contribution < -0.4 is 0 Å². The van der Waals surface area contributed by atoms with Crippen LogP contribution in [0.1, 0.15) is 150 Å². The Morgan fingerprint density at radius 1 is 0.491 bits per heavy atom. The van der Waals surface area contributed by atoms with Crippen molar-refractivity contribution < 1.29 is 28.8 Å². The lowest BCUT2D eigenvalue weighted by molar-refractivity contribution is -0.148. The van der Waals surface area contributed by atoms with Gasteiger partial charge in [0.2, 0.25) is 11.6 Å². The van der Waals surface area contributed by atoms with Gasteiger partial charge >= 0.3 is 0 Å². The Morgan fingerprint density at radius 2 is 0.925 bits per heavy atom. The molecule has 1 aromatic heterocycles. The van der Waals surface area contributed by atoms with E-state index >= 15 is 0 Å². The van der Waals surface area contributed by atoms with Crippen molar-refractivity contribution >= 4 is 46.4 Å². The second-order valence-electron chi connectivity index (χ2n) is 15.3. The van der Waals surface area contributed by atoms with E-state index in [1.165, 1.54) is 30.6 Å². The van der Waals surface area contributed by atoms with Crippen LogP contribution in [0.15, 0.2) is 47.8 Å². The number of hydrogen-bond acceptors (Lipinski definition) is 7. The summed E-state index contributed by atoms with van der Waals surface area (Å²) in [4.78, 5) is 78.9. The van der Waals surface area contributed by atoms with Crippen molar-refractivity contribution in [1.82, 2.24) is 14.7 Å². The van der Waals surface area contributed by atoms with Gasteiger partial charge in [0, 0.05) is 49.2 Å². The maximum absolute atomic E-state index is 12.3. The molecular formula is C43H61N3O6S. The van der Waals surface area contributed by atoms with Gasteiger partial charge in [-0.05, 0) is 83.6 Å². The van der Waals surface area contributed by atoms with Gasteiger partial charge in [-0.15, -0.1) is 11.3 Å². The molecule has 0 N–H and O–H groups in total. The summed E-state index contributed by atoms with van der Waals surface area (Å²) in [7, 11) is 0. The highest BCUT2D eigenvalue weighted by Gasteiger charge is 2.33. The van der Waals surface area contributed by atoms with Crippen molar-refractivity contribution in [2.24, 2.45) is 5.92 Å². The third-order valence-electron chi connectivity index (χ3n) is 11.3. The zero-order valence-corrected chi connectivity index (χ0v) is 33.1. The van der Waals surface area contributed by atoms with Crippen LogP contribution in [-0.4, -0.2) is 87.5 Å². The third kappa shape index (κ3) is 12.4. The fraction of sp³-hybridized carbons (Fsp3) is 0.628. The predicted molar refractivity (Wildman–Crippen MR) is 210 cm³/mol. The van der Waals surface area contributed by atoms with E-state index in [1.807, 2.05) is 30.2 Å². The molecule has 6 rings (SSSR count). The zero-order valence-electron chi connectivity index (χ0n) is 32.3. The molecule has 3 unspecified atom stereocenters.